The largest absolute Gasteiger partial charge is 0.395 e. The number of aliphatic hydroxyl groups excluding tert-OH is 1. The van der Waals surface area contributed by atoms with Crippen molar-refractivity contribution >= 4 is 23.0 Å². The summed E-state index contributed by atoms with van der Waals surface area (Å²) in [5, 5.41) is 9.02. The van der Waals surface area contributed by atoms with Crippen molar-refractivity contribution in [3.8, 4) is 0 Å². The molecular weight excluding hydrogens is 238 g/mol. The molecule has 1 heterocycles. The zero-order valence-corrected chi connectivity index (χ0v) is 10.6. The first kappa shape index (κ1) is 13.8. The van der Waals surface area contributed by atoms with E-state index in [-0.39, 0.29) is 11.6 Å². The van der Waals surface area contributed by atoms with Crippen molar-refractivity contribution in [3.05, 3.63) is 23.9 Å². The van der Waals surface area contributed by atoms with Crippen LogP contribution in [0.4, 0.5) is 5.82 Å². The maximum Gasteiger partial charge on any atom is 0.129 e. The van der Waals surface area contributed by atoms with Crippen LogP contribution < -0.4 is 10.6 Å². The lowest BCUT2D eigenvalue weighted by Crippen LogP contribution is -2.31. The van der Waals surface area contributed by atoms with E-state index in [1.54, 1.807) is 13.2 Å². The van der Waals surface area contributed by atoms with Gasteiger partial charge < -0.3 is 20.5 Å². The van der Waals surface area contributed by atoms with Gasteiger partial charge in [0.05, 0.1) is 18.9 Å². The number of thiocarbonyl (C=S) groups is 1. The summed E-state index contributed by atoms with van der Waals surface area (Å²) in [7, 11) is 1.63. The monoisotopic (exact) mass is 255 g/mol. The van der Waals surface area contributed by atoms with Crippen molar-refractivity contribution in [1.29, 1.82) is 0 Å². The molecule has 0 fully saturated rings. The standard InChI is InChI=1S/C11H17N3O2S/c1-16-8-6-14(5-7-15)10-4-2-3-9(13-10)11(12)17/h2-4,15H,5-8H2,1H3,(H2,12,17). The SMILES string of the molecule is COCCN(CCO)c1cccc(C(N)=S)n1. The lowest BCUT2D eigenvalue weighted by molar-refractivity contribution is 0.202. The Morgan fingerprint density at radius 1 is 1.53 bits per heavy atom. The fourth-order valence-corrected chi connectivity index (χ4v) is 1.51. The van der Waals surface area contributed by atoms with Gasteiger partial charge in [0.1, 0.15) is 10.8 Å². The third kappa shape index (κ3) is 4.26. The minimum absolute atomic E-state index is 0.0582. The van der Waals surface area contributed by atoms with Crippen LogP contribution in [0.5, 0.6) is 0 Å². The molecule has 1 rings (SSSR count). The average molecular weight is 255 g/mol. The molecule has 0 spiro atoms. The van der Waals surface area contributed by atoms with Gasteiger partial charge >= 0.3 is 0 Å². The topological polar surface area (TPSA) is 71.6 Å². The van der Waals surface area contributed by atoms with Crippen LogP contribution in [0.3, 0.4) is 0 Å². The number of rotatable bonds is 7. The Hall–Kier alpha value is -1.24. The molecule has 5 nitrogen and oxygen atoms in total. The van der Waals surface area contributed by atoms with E-state index < -0.39 is 0 Å². The van der Waals surface area contributed by atoms with Gasteiger partial charge in [0.2, 0.25) is 0 Å². The molecule has 1 aromatic rings. The Bertz CT molecular complexity index is 373. The summed E-state index contributed by atoms with van der Waals surface area (Å²) in [5.74, 6) is 0.737. The van der Waals surface area contributed by atoms with Gasteiger partial charge in [0, 0.05) is 20.2 Å². The van der Waals surface area contributed by atoms with Gasteiger partial charge in [-0.25, -0.2) is 4.98 Å². The number of nitrogens with zero attached hydrogens (tertiary/aromatic N) is 2. The van der Waals surface area contributed by atoms with Gasteiger partial charge in [-0.05, 0) is 12.1 Å². The molecule has 0 aliphatic rings. The lowest BCUT2D eigenvalue weighted by atomic mass is 10.3. The van der Waals surface area contributed by atoms with Crippen LogP contribution >= 0.6 is 12.2 Å². The second kappa shape index (κ2) is 7.16. The summed E-state index contributed by atoms with van der Waals surface area (Å²) in [6.45, 7) is 1.78. The zero-order valence-electron chi connectivity index (χ0n) is 9.80. The number of hydrogen-bond acceptors (Lipinski definition) is 5. The second-order valence-electron chi connectivity index (χ2n) is 3.45. The van der Waals surface area contributed by atoms with Gasteiger partial charge in [-0.1, -0.05) is 18.3 Å². The van der Waals surface area contributed by atoms with Gasteiger partial charge in [-0.2, -0.15) is 0 Å². The Labute approximate surface area is 106 Å². The molecular formula is C11H17N3O2S. The Kier molecular flexibility index (Phi) is 5.82. The van der Waals surface area contributed by atoms with Crippen molar-refractivity contribution in [1.82, 2.24) is 4.98 Å². The molecule has 0 unspecified atom stereocenters. The molecule has 0 aliphatic carbocycles. The number of ether oxygens (including phenoxy) is 1. The van der Waals surface area contributed by atoms with Crippen LogP contribution in [0.1, 0.15) is 5.69 Å². The molecule has 0 aromatic carbocycles. The number of methoxy groups -OCH3 is 1. The smallest absolute Gasteiger partial charge is 0.129 e. The highest BCUT2D eigenvalue weighted by Gasteiger charge is 2.08. The quantitative estimate of drug-likeness (QED) is 0.676. The molecule has 0 saturated carbocycles. The Morgan fingerprint density at radius 3 is 2.88 bits per heavy atom. The average Bonchev–Trinajstić information content (AvgIpc) is 2.34. The van der Waals surface area contributed by atoms with Crippen molar-refractivity contribution < 1.29 is 9.84 Å². The fraction of sp³-hybridized carbons (Fsp3) is 0.455. The van der Waals surface area contributed by atoms with Gasteiger partial charge in [0.25, 0.3) is 0 Å². The van der Waals surface area contributed by atoms with Crippen molar-refractivity contribution in [2.45, 2.75) is 0 Å². The van der Waals surface area contributed by atoms with E-state index in [2.05, 4.69) is 4.98 Å². The molecule has 0 saturated heterocycles. The van der Waals surface area contributed by atoms with Crippen molar-refractivity contribution in [2.24, 2.45) is 5.73 Å². The minimum Gasteiger partial charge on any atom is -0.395 e. The number of anilines is 1. The van der Waals surface area contributed by atoms with Gasteiger partial charge in [-0.15, -0.1) is 0 Å². The summed E-state index contributed by atoms with van der Waals surface area (Å²) in [4.78, 5) is 6.53. The highest BCUT2D eigenvalue weighted by Crippen LogP contribution is 2.11. The summed E-state index contributed by atoms with van der Waals surface area (Å²) in [6, 6.07) is 5.46. The fourth-order valence-electron chi connectivity index (χ4n) is 1.40. The summed E-state index contributed by atoms with van der Waals surface area (Å²) >= 11 is 4.88. The predicted molar refractivity (Wildman–Crippen MR) is 71.3 cm³/mol. The molecule has 0 amide bonds. The van der Waals surface area contributed by atoms with Crippen LogP contribution in [0.2, 0.25) is 0 Å². The number of aromatic nitrogens is 1. The van der Waals surface area contributed by atoms with Crippen molar-refractivity contribution in [2.75, 3.05) is 38.3 Å². The van der Waals surface area contributed by atoms with E-state index in [1.165, 1.54) is 0 Å². The Balaban J connectivity index is 2.84. The van der Waals surface area contributed by atoms with Gasteiger partial charge in [0.15, 0.2) is 0 Å². The first-order chi connectivity index (χ1) is 8.19. The zero-order chi connectivity index (χ0) is 12.7. The predicted octanol–water partition coefficient (Wildman–Crippen LogP) is 0.161. The molecule has 0 radical (unpaired) electrons. The second-order valence-corrected chi connectivity index (χ2v) is 3.89. The number of aliphatic hydroxyl groups is 1. The van der Waals surface area contributed by atoms with Crippen LogP contribution in [0, 0.1) is 0 Å². The van der Waals surface area contributed by atoms with E-state index in [1.807, 2.05) is 17.0 Å². The number of pyridine rings is 1. The Morgan fingerprint density at radius 2 is 2.29 bits per heavy atom. The summed E-state index contributed by atoms with van der Waals surface area (Å²) in [6.07, 6.45) is 0. The van der Waals surface area contributed by atoms with E-state index in [9.17, 15) is 0 Å². The molecule has 0 bridgehead atoms. The third-order valence-corrected chi connectivity index (χ3v) is 2.46. The summed E-state index contributed by atoms with van der Waals surface area (Å²) in [5.41, 5.74) is 6.11. The minimum atomic E-state index is 0.0582. The molecule has 1 aromatic heterocycles. The molecule has 17 heavy (non-hydrogen) atoms. The molecule has 3 N–H and O–H groups in total. The summed E-state index contributed by atoms with van der Waals surface area (Å²) < 4.78 is 5.02. The molecule has 0 aliphatic heterocycles. The molecule has 0 atom stereocenters. The van der Waals surface area contributed by atoms with Crippen LogP contribution in [0.15, 0.2) is 18.2 Å². The van der Waals surface area contributed by atoms with E-state index in [0.717, 1.165) is 5.82 Å². The normalized spacial score (nSPS) is 10.2. The first-order valence-corrected chi connectivity index (χ1v) is 5.71. The van der Waals surface area contributed by atoms with Crippen molar-refractivity contribution in [3.63, 3.8) is 0 Å². The molecule has 6 heteroatoms. The first-order valence-electron chi connectivity index (χ1n) is 5.30. The molecule has 94 valence electrons. The number of hydrogen-bond donors (Lipinski definition) is 2. The maximum absolute atomic E-state index is 9.02. The van der Waals surface area contributed by atoms with Crippen LogP contribution in [-0.4, -0.2) is 48.5 Å². The van der Waals surface area contributed by atoms with E-state index in [0.29, 0.717) is 25.4 Å². The van der Waals surface area contributed by atoms with E-state index >= 15 is 0 Å². The van der Waals surface area contributed by atoms with Crippen LogP contribution in [0.25, 0.3) is 0 Å². The highest BCUT2D eigenvalue weighted by molar-refractivity contribution is 7.80. The maximum atomic E-state index is 9.02. The van der Waals surface area contributed by atoms with E-state index in [4.69, 9.17) is 27.8 Å². The van der Waals surface area contributed by atoms with Crippen LogP contribution in [-0.2, 0) is 4.74 Å². The highest BCUT2D eigenvalue weighted by atomic mass is 32.1. The lowest BCUT2D eigenvalue weighted by Gasteiger charge is -2.22. The number of nitrogens with two attached hydrogens (primary N) is 1. The third-order valence-electron chi connectivity index (χ3n) is 2.25. The van der Waals surface area contributed by atoms with Gasteiger partial charge in [-0.3, -0.25) is 0 Å².